The fourth-order valence-electron chi connectivity index (χ4n) is 4.08. The number of aromatic nitrogens is 1. The minimum Gasteiger partial charge on any atom is -0.335 e. The molecule has 2 aromatic rings. The highest BCUT2D eigenvalue weighted by Crippen LogP contribution is 2.22. The Labute approximate surface area is 182 Å². The molecule has 2 fully saturated rings. The van der Waals surface area contributed by atoms with Gasteiger partial charge in [-0.25, -0.2) is 8.42 Å². The zero-order chi connectivity index (χ0) is 21.1. The van der Waals surface area contributed by atoms with Crippen LogP contribution < -0.4 is 0 Å². The molecule has 0 radical (unpaired) electrons. The summed E-state index contributed by atoms with van der Waals surface area (Å²) in [5.41, 5.74) is 1.60. The van der Waals surface area contributed by atoms with Crippen molar-refractivity contribution in [1.82, 2.24) is 19.1 Å². The quantitative estimate of drug-likeness (QED) is 0.675. The highest BCUT2D eigenvalue weighted by Gasteiger charge is 2.38. The summed E-state index contributed by atoms with van der Waals surface area (Å²) < 4.78 is 27.1. The smallest absolute Gasteiger partial charge is 0.240 e. The van der Waals surface area contributed by atoms with Gasteiger partial charge in [0, 0.05) is 43.9 Å². The summed E-state index contributed by atoms with van der Waals surface area (Å²) >= 11 is 5.88. The van der Waals surface area contributed by atoms with Crippen LogP contribution in [0.15, 0.2) is 48.7 Å². The topological polar surface area (TPSA) is 73.8 Å². The molecule has 3 heterocycles. The standard InChI is InChI=1S/C21H25ClN4O3S/c22-18-6-4-17(5-7-18)16-30(28,29)26-13-11-24(12-14-26)20-8-10-25(21(20)27)15-19-3-1-2-9-23-19/h1-7,9,20H,8,10-16H2. The molecule has 1 aromatic heterocycles. The summed E-state index contributed by atoms with van der Waals surface area (Å²) in [5.74, 6) is 0.0721. The number of hydrogen-bond acceptors (Lipinski definition) is 5. The molecule has 1 amide bonds. The van der Waals surface area contributed by atoms with Crippen molar-refractivity contribution >= 4 is 27.5 Å². The first-order valence-electron chi connectivity index (χ1n) is 10.1. The Kier molecular flexibility index (Phi) is 6.38. The van der Waals surface area contributed by atoms with Gasteiger partial charge in [-0.2, -0.15) is 4.31 Å². The van der Waals surface area contributed by atoms with Crippen LogP contribution in [0.1, 0.15) is 17.7 Å². The van der Waals surface area contributed by atoms with Gasteiger partial charge in [0.1, 0.15) is 0 Å². The molecule has 7 nitrogen and oxygen atoms in total. The minimum atomic E-state index is -3.40. The van der Waals surface area contributed by atoms with Gasteiger partial charge in [-0.05, 0) is 36.2 Å². The Morgan fingerprint density at radius 2 is 1.73 bits per heavy atom. The number of likely N-dealkylation sites (tertiary alicyclic amines) is 1. The number of halogens is 1. The fraction of sp³-hybridized carbons (Fsp3) is 0.429. The van der Waals surface area contributed by atoms with Gasteiger partial charge >= 0.3 is 0 Å². The van der Waals surface area contributed by atoms with Crippen molar-refractivity contribution in [3.05, 3.63) is 64.9 Å². The van der Waals surface area contributed by atoms with Crippen LogP contribution in [-0.4, -0.2) is 72.2 Å². The van der Waals surface area contributed by atoms with Crippen molar-refractivity contribution in [3.8, 4) is 0 Å². The third kappa shape index (κ3) is 4.83. The van der Waals surface area contributed by atoms with Crippen molar-refractivity contribution in [1.29, 1.82) is 0 Å². The molecule has 0 aliphatic carbocycles. The molecule has 2 aliphatic rings. The molecule has 1 unspecified atom stereocenters. The number of hydrogen-bond donors (Lipinski definition) is 0. The van der Waals surface area contributed by atoms with Gasteiger partial charge < -0.3 is 4.90 Å². The van der Waals surface area contributed by atoms with Gasteiger partial charge in [-0.1, -0.05) is 29.8 Å². The predicted molar refractivity (Wildman–Crippen MR) is 115 cm³/mol. The van der Waals surface area contributed by atoms with Gasteiger partial charge in [0.25, 0.3) is 0 Å². The average Bonchev–Trinajstić information content (AvgIpc) is 3.10. The number of sulfonamides is 1. The lowest BCUT2D eigenvalue weighted by atomic mass is 10.2. The van der Waals surface area contributed by atoms with E-state index < -0.39 is 10.0 Å². The van der Waals surface area contributed by atoms with Crippen LogP contribution in [0.4, 0.5) is 0 Å². The molecule has 4 rings (SSSR count). The number of benzene rings is 1. The lowest BCUT2D eigenvalue weighted by Gasteiger charge is -2.36. The molecule has 1 aromatic carbocycles. The van der Waals surface area contributed by atoms with Crippen LogP contribution in [0.25, 0.3) is 0 Å². The van der Waals surface area contributed by atoms with Gasteiger partial charge in [0.2, 0.25) is 15.9 Å². The van der Waals surface area contributed by atoms with Crippen molar-refractivity contribution in [3.63, 3.8) is 0 Å². The van der Waals surface area contributed by atoms with E-state index in [1.54, 1.807) is 30.5 Å². The van der Waals surface area contributed by atoms with E-state index in [1.165, 1.54) is 4.31 Å². The molecule has 2 aliphatic heterocycles. The first-order chi connectivity index (χ1) is 14.4. The SMILES string of the molecule is O=C1C(N2CCN(S(=O)(=O)Cc3ccc(Cl)cc3)CC2)CCN1Cc1ccccn1. The van der Waals surface area contributed by atoms with E-state index in [4.69, 9.17) is 11.6 Å². The second kappa shape index (κ2) is 9.01. The van der Waals surface area contributed by atoms with Gasteiger partial charge in [0.05, 0.1) is 24.0 Å². The summed E-state index contributed by atoms with van der Waals surface area (Å²) in [6, 6.07) is 12.4. The molecule has 30 heavy (non-hydrogen) atoms. The van der Waals surface area contributed by atoms with Gasteiger partial charge in [-0.3, -0.25) is 14.7 Å². The third-order valence-corrected chi connectivity index (χ3v) is 7.82. The van der Waals surface area contributed by atoms with E-state index in [-0.39, 0.29) is 17.7 Å². The number of piperazine rings is 1. The largest absolute Gasteiger partial charge is 0.335 e. The van der Waals surface area contributed by atoms with Gasteiger partial charge in [-0.15, -0.1) is 0 Å². The summed E-state index contributed by atoms with van der Waals surface area (Å²) in [7, 11) is -3.40. The number of nitrogens with zero attached hydrogens (tertiary/aromatic N) is 4. The van der Waals surface area contributed by atoms with Crippen LogP contribution in [-0.2, 0) is 27.1 Å². The maximum Gasteiger partial charge on any atom is 0.240 e. The molecule has 9 heteroatoms. The average molecular weight is 449 g/mol. The van der Waals surface area contributed by atoms with Crippen LogP contribution in [0.2, 0.25) is 5.02 Å². The molecule has 0 N–H and O–H groups in total. The second-order valence-corrected chi connectivity index (χ2v) is 10.1. The minimum absolute atomic E-state index is 0.0373. The zero-order valence-corrected chi connectivity index (χ0v) is 18.2. The highest BCUT2D eigenvalue weighted by atomic mass is 35.5. The summed E-state index contributed by atoms with van der Waals surface area (Å²) in [4.78, 5) is 21.1. The number of pyridine rings is 1. The van der Waals surface area contributed by atoms with Gasteiger partial charge in [0.15, 0.2) is 0 Å². The van der Waals surface area contributed by atoms with Crippen molar-refractivity contribution in [2.75, 3.05) is 32.7 Å². The molecule has 0 spiro atoms. The van der Waals surface area contributed by atoms with E-state index in [2.05, 4.69) is 9.88 Å². The van der Waals surface area contributed by atoms with Crippen LogP contribution in [0, 0.1) is 0 Å². The van der Waals surface area contributed by atoms with Crippen LogP contribution in [0.3, 0.4) is 0 Å². The van der Waals surface area contributed by atoms with Crippen LogP contribution >= 0.6 is 11.6 Å². The van der Waals surface area contributed by atoms with E-state index in [0.29, 0.717) is 44.3 Å². The predicted octanol–water partition coefficient (Wildman–Crippen LogP) is 1.98. The first-order valence-corrected chi connectivity index (χ1v) is 12.1. The number of carbonyl (C=O) groups is 1. The Morgan fingerprint density at radius 3 is 2.40 bits per heavy atom. The van der Waals surface area contributed by atoms with E-state index >= 15 is 0 Å². The first kappa shape index (κ1) is 21.2. The second-order valence-electron chi connectivity index (χ2n) is 7.70. The van der Waals surface area contributed by atoms with Crippen molar-refractivity contribution < 1.29 is 13.2 Å². The lowest BCUT2D eigenvalue weighted by Crippen LogP contribution is -2.53. The molecular formula is C21H25ClN4O3S. The summed E-state index contributed by atoms with van der Waals surface area (Å²) in [6.45, 7) is 3.15. The maximum atomic E-state index is 12.9. The Balaban J connectivity index is 1.32. The number of amides is 1. The molecule has 0 saturated carbocycles. The monoisotopic (exact) mass is 448 g/mol. The Bertz CT molecular complexity index is 977. The molecule has 2 saturated heterocycles. The van der Waals surface area contributed by atoms with E-state index in [1.807, 2.05) is 23.1 Å². The fourth-order valence-corrected chi connectivity index (χ4v) is 5.72. The molecule has 0 bridgehead atoms. The number of rotatable bonds is 6. The van der Waals surface area contributed by atoms with Crippen molar-refractivity contribution in [2.45, 2.75) is 24.8 Å². The Hall–Kier alpha value is -2.00. The van der Waals surface area contributed by atoms with E-state index in [0.717, 1.165) is 17.7 Å². The lowest BCUT2D eigenvalue weighted by molar-refractivity contribution is -0.133. The van der Waals surface area contributed by atoms with Crippen LogP contribution in [0.5, 0.6) is 0 Å². The molecule has 1 atom stereocenters. The summed E-state index contributed by atoms with van der Waals surface area (Å²) in [6.07, 6.45) is 2.50. The summed E-state index contributed by atoms with van der Waals surface area (Å²) in [5, 5.41) is 0.586. The third-order valence-electron chi connectivity index (χ3n) is 5.72. The zero-order valence-electron chi connectivity index (χ0n) is 16.7. The number of carbonyl (C=O) groups excluding carboxylic acids is 1. The molecule has 160 valence electrons. The van der Waals surface area contributed by atoms with E-state index in [9.17, 15) is 13.2 Å². The Morgan fingerprint density at radius 1 is 1.00 bits per heavy atom. The normalized spacial score (nSPS) is 21.3. The molecular weight excluding hydrogens is 424 g/mol. The highest BCUT2D eigenvalue weighted by molar-refractivity contribution is 7.88. The maximum absolute atomic E-state index is 12.9. The van der Waals surface area contributed by atoms with Crippen molar-refractivity contribution in [2.24, 2.45) is 0 Å².